The van der Waals surface area contributed by atoms with Crippen molar-refractivity contribution in [3.63, 3.8) is 0 Å². The first-order chi connectivity index (χ1) is 13.1. The van der Waals surface area contributed by atoms with Gasteiger partial charge in [0.2, 0.25) is 5.91 Å². The second-order valence-electron chi connectivity index (χ2n) is 7.27. The van der Waals surface area contributed by atoms with Crippen molar-refractivity contribution in [1.82, 2.24) is 0 Å². The van der Waals surface area contributed by atoms with Crippen molar-refractivity contribution in [2.75, 3.05) is 34.9 Å². The van der Waals surface area contributed by atoms with Crippen molar-refractivity contribution >= 4 is 34.7 Å². The molecule has 1 aliphatic heterocycles. The van der Waals surface area contributed by atoms with Gasteiger partial charge in [0.25, 0.3) is 0 Å². The lowest BCUT2D eigenvalue weighted by atomic mass is 9.99. The quantitative estimate of drug-likeness (QED) is 0.683. The zero-order valence-corrected chi connectivity index (χ0v) is 17.2. The molecule has 1 heterocycles. The fraction of sp³-hybridized carbons (Fsp3) is 0.409. The largest absolute Gasteiger partial charge is 0.374 e. The van der Waals surface area contributed by atoms with Gasteiger partial charge >= 0.3 is 0 Å². The molecule has 5 heteroatoms. The van der Waals surface area contributed by atoms with E-state index in [1.165, 1.54) is 18.5 Å². The van der Waals surface area contributed by atoms with Crippen molar-refractivity contribution in [3.05, 3.63) is 48.5 Å². The zero-order chi connectivity index (χ0) is 19.2. The number of rotatable bonds is 6. The summed E-state index contributed by atoms with van der Waals surface area (Å²) in [6.45, 7) is 6.47. The summed E-state index contributed by atoms with van der Waals surface area (Å²) in [5.41, 5.74) is 3.08. The van der Waals surface area contributed by atoms with E-state index >= 15 is 0 Å². The lowest BCUT2D eigenvalue weighted by Gasteiger charge is -2.32. The van der Waals surface area contributed by atoms with Gasteiger partial charge in [0.15, 0.2) is 0 Å². The van der Waals surface area contributed by atoms with Crippen LogP contribution in [0.2, 0.25) is 0 Å². The highest BCUT2D eigenvalue weighted by atomic mass is 32.2. The Morgan fingerprint density at radius 1 is 1.11 bits per heavy atom. The third kappa shape index (κ3) is 5.19. The molecule has 0 radical (unpaired) electrons. The summed E-state index contributed by atoms with van der Waals surface area (Å²) in [7, 11) is 0. The highest BCUT2D eigenvalue weighted by Crippen LogP contribution is 2.26. The number of hydrogen-bond donors (Lipinski definition) is 2. The third-order valence-electron chi connectivity index (χ3n) is 5.16. The second kappa shape index (κ2) is 9.18. The lowest BCUT2D eigenvalue weighted by Crippen LogP contribution is -2.33. The van der Waals surface area contributed by atoms with Gasteiger partial charge in [-0.2, -0.15) is 0 Å². The van der Waals surface area contributed by atoms with Gasteiger partial charge in [-0.1, -0.05) is 19.1 Å². The molecule has 1 saturated heterocycles. The van der Waals surface area contributed by atoms with Crippen LogP contribution in [0.3, 0.4) is 0 Å². The molecule has 1 atom stereocenters. The Labute approximate surface area is 166 Å². The number of amides is 1. The monoisotopic (exact) mass is 383 g/mol. The minimum Gasteiger partial charge on any atom is -0.374 e. The van der Waals surface area contributed by atoms with Crippen LogP contribution in [0.15, 0.2) is 53.4 Å². The van der Waals surface area contributed by atoms with Gasteiger partial charge in [0.05, 0.1) is 5.69 Å². The van der Waals surface area contributed by atoms with Gasteiger partial charge in [-0.25, -0.2) is 0 Å². The SMILES string of the molecule is CSc1ccccc1NC(=O)C(C)Nc1ccc(N2CCC(C)CC2)cc1. The topological polar surface area (TPSA) is 44.4 Å². The Balaban J connectivity index is 1.57. The molecule has 1 unspecified atom stereocenters. The fourth-order valence-electron chi connectivity index (χ4n) is 3.34. The molecule has 1 fully saturated rings. The minimum absolute atomic E-state index is 0.0365. The number of benzene rings is 2. The molecular formula is C22H29N3OS. The Kier molecular flexibility index (Phi) is 6.67. The normalized spacial score (nSPS) is 16.0. The van der Waals surface area contributed by atoms with E-state index in [4.69, 9.17) is 0 Å². The van der Waals surface area contributed by atoms with E-state index < -0.39 is 0 Å². The highest BCUT2D eigenvalue weighted by molar-refractivity contribution is 7.98. The molecule has 1 amide bonds. The first kappa shape index (κ1) is 19.6. The van der Waals surface area contributed by atoms with E-state index in [1.54, 1.807) is 11.8 Å². The number of anilines is 3. The predicted molar refractivity (Wildman–Crippen MR) is 117 cm³/mol. The lowest BCUT2D eigenvalue weighted by molar-refractivity contribution is -0.116. The molecule has 0 spiro atoms. The van der Waals surface area contributed by atoms with Gasteiger partial charge in [0.1, 0.15) is 6.04 Å². The molecule has 144 valence electrons. The van der Waals surface area contributed by atoms with E-state index in [2.05, 4.69) is 46.7 Å². The molecule has 0 aliphatic carbocycles. The van der Waals surface area contributed by atoms with Gasteiger partial charge in [-0.3, -0.25) is 4.79 Å². The van der Waals surface area contributed by atoms with Gasteiger partial charge in [-0.05, 0) is 68.3 Å². The summed E-state index contributed by atoms with van der Waals surface area (Å²) in [5.74, 6) is 0.795. The van der Waals surface area contributed by atoms with Crippen LogP contribution >= 0.6 is 11.8 Å². The molecular weight excluding hydrogens is 354 g/mol. The van der Waals surface area contributed by atoms with Gasteiger partial charge in [-0.15, -0.1) is 11.8 Å². The first-order valence-corrected chi connectivity index (χ1v) is 10.8. The number of nitrogens with one attached hydrogen (secondary N) is 2. The minimum atomic E-state index is -0.318. The van der Waals surface area contributed by atoms with Crippen LogP contribution in [0.1, 0.15) is 26.7 Å². The maximum absolute atomic E-state index is 12.5. The Bertz CT molecular complexity index is 754. The molecule has 27 heavy (non-hydrogen) atoms. The van der Waals surface area contributed by atoms with E-state index in [0.29, 0.717) is 0 Å². The fourth-order valence-corrected chi connectivity index (χ4v) is 3.89. The molecule has 4 nitrogen and oxygen atoms in total. The Hall–Kier alpha value is -2.14. The molecule has 2 aromatic rings. The highest BCUT2D eigenvalue weighted by Gasteiger charge is 2.17. The van der Waals surface area contributed by atoms with Gasteiger partial charge in [0, 0.05) is 29.4 Å². The summed E-state index contributed by atoms with van der Waals surface area (Å²) < 4.78 is 0. The van der Waals surface area contributed by atoms with Crippen LogP contribution in [0, 0.1) is 5.92 Å². The van der Waals surface area contributed by atoms with Crippen LogP contribution in [0.25, 0.3) is 0 Å². The second-order valence-corrected chi connectivity index (χ2v) is 8.12. The van der Waals surface area contributed by atoms with E-state index in [9.17, 15) is 4.79 Å². The Morgan fingerprint density at radius 3 is 2.44 bits per heavy atom. The third-order valence-corrected chi connectivity index (χ3v) is 5.95. The number of carbonyl (C=O) groups is 1. The maximum Gasteiger partial charge on any atom is 0.246 e. The predicted octanol–water partition coefficient (Wildman–Crippen LogP) is 5.08. The van der Waals surface area contributed by atoms with Crippen LogP contribution in [0.5, 0.6) is 0 Å². The van der Waals surface area contributed by atoms with E-state index in [0.717, 1.165) is 35.3 Å². The van der Waals surface area contributed by atoms with Crippen LogP contribution < -0.4 is 15.5 Å². The zero-order valence-electron chi connectivity index (χ0n) is 16.4. The van der Waals surface area contributed by atoms with E-state index in [1.807, 2.05) is 37.4 Å². The average Bonchev–Trinajstić information content (AvgIpc) is 2.69. The standard InChI is InChI=1S/C22H29N3OS/c1-16-12-14-25(15-13-16)19-10-8-18(9-11-19)23-17(2)22(26)24-20-6-4-5-7-21(20)27-3/h4-11,16-17,23H,12-15H2,1-3H3,(H,24,26). The summed E-state index contributed by atoms with van der Waals surface area (Å²) in [6, 6.07) is 16.0. The molecule has 0 bridgehead atoms. The number of piperidine rings is 1. The summed E-state index contributed by atoms with van der Waals surface area (Å²) in [4.78, 5) is 16.1. The number of hydrogen-bond acceptors (Lipinski definition) is 4. The number of para-hydroxylation sites is 1. The van der Waals surface area contributed by atoms with Crippen LogP contribution in [-0.4, -0.2) is 31.3 Å². The molecule has 2 aromatic carbocycles. The first-order valence-electron chi connectivity index (χ1n) is 9.62. The smallest absolute Gasteiger partial charge is 0.246 e. The molecule has 0 saturated carbocycles. The summed E-state index contributed by atoms with van der Waals surface area (Å²) in [6.07, 6.45) is 4.53. The maximum atomic E-state index is 12.5. The van der Waals surface area contributed by atoms with Crippen molar-refractivity contribution in [3.8, 4) is 0 Å². The van der Waals surface area contributed by atoms with Crippen molar-refractivity contribution in [2.45, 2.75) is 37.6 Å². The van der Waals surface area contributed by atoms with Gasteiger partial charge < -0.3 is 15.5 Å². The van der Waals surface area contributed by atoms with Crippen LogP contribution in [-0.2, 0) is 4.79 Å². The molecule has 1 aliphatic rings. The summed E-state index contributed by atoms with van der Waals surface area (Å²) >= 11 is 1.63. The summed E-state index contributed by atoms with van der Waals surface area (Å²) in [5, 5.41) is 6.32. The molecule has 3 rings (SSSR count). The Morgan fingerprint density at radius 2 is 1.78 bits per heavy atom. The molecule has 2 N–H and O–H groups in total. The van der Waals surface area contributed by atoms with Crippen LogP contribution in [0.4, 0.5) is 17.1 Å². The van der Waals surface area contributed by atoms with Crippen molar-refractivity contribution < 1.29 is 4.79 Å². The number of nitrogens with zero attached hydrogens (tertiary/aromatic N) is 1. The number of thioether (sulfide) groups is 1. The van der Waals surface area contributed by atoms with Crippen molar-refractivity contribution in [2.24, 2.45) is 5.92 Å². The van der Waals surface area contributed by atoms with E-state index in [-0.39, 0.29) is 11.9 Å². The van der Waals surface area contributed by atoms with Crippen molar-refractivity contribution in [1.29, 1.82) is 0 Å². The average molecular weight is 384 g/mol. The molecule has 0 aromatic heterocycles. The number of carbonyl (C=O) groups excluding carboxylic acids is 1.